The molecule has 0 amide bonds. The summed E-state index contributed by atoms with van der Waals surface area (Å²) < 4.78 is 25.9. The molecule has 1 aromatic heterocycles. The number of hydrogen-bond acceptors (Lipinski definition) is 2. The van der Waals surface area contributed by atoms with Crippen molar-refractivity contribution in [1.82, 2.24) is 9.55 Å². The zero-order valence-electron chi connectivity index (χ0n) is 8.03. The van der Waals surface area contributed by atoms with Gasteiger partial charge in [-0.25, -0.2) is 13.8 Å². The molecule has 2 rings (SSSR count). The van der Waals surface area contributed by atoms with Crippen molar-refractivity contribution in [1.29, 1.82) is 0 Å². The van der Waals surface area contributed by atoms with Gasteiger partial charge in [-0.1, -0.05) is 12.1 Å². The molecule has 0 bridgehead atoms. The van der Waals surface area contributed by atoms with Gasteiger partial charge in [0.05, 0.1) is 23.9 Å². The largest absolute Gasteiger partial charge is 0.326 e. The van der Waals surface area contributed by atoms with E-state index in [0.29, 0.717) is 17.6 Å². The third kappa shape index (κ3) is 1.83. The molecule has 0 atom stereocenters. The Labute approximate surface area is 85.5 Å². The van der Waals surface area contributed by atoms with Gasteiger partial charge in [-0.05, 0) is 11.6 Å². The topological polar surface area (TPSA) is 43.8 Å². The minimum absolute atomic E-state index is 0.329. The zero-order chi connectivity index (χ0) is 10.8. The predicted molar refractivity (Wildman–Crippen MR) is 53.6 cm³/mol. The van der Waals surface area contributed by atoms with Crippen LogP contribution in [0, 0.1) is 0 Å². The van der Waals surface area contributed by atoms with Crippen LogP contribution in [0.15, 0.2) is 24.5 Å². The number of benzene rings is 1. The van der Waals surface area contributed by atoms with Crippen molar-refractivity contribution >= 4 is 11.0 Å². The number of para-hydroxylation sites is 1. The summed E-state index contributed by atoms with van der Waals surface area (Å²) in [6.07, 6.45) is -0.945. The molecule has 0 fully saturated rings. The van der Waals surface area contributed by atoms with Crippen molar-refractivity contribution in [3.8, 4) is 0 Å². The maximum absolute atomic E-state index is 12.2. The molecule has 0 spiro atoms. The molecule has 0 radical (unpaired) electrons. The van der Waals surface area contributed by atoms with Gasteiger partial charge in [0, 0.05) is 6.54 Å². The van der Waals surface area contributed by atoms with Crippen LogP contribution < -0.4 is 5.73 Å². The maximum atomic E-state index is 12.2. The minimum atomic E-state index is -2.37. The number of fused-ring (bicyclic) bond motifs is 1. The Balaban J connectivity index is 2.51. The highest BCUT2D eigenvalue weighted by Crippen LogP contribution is 2.17. The van der Waals surface area contributed by atoms with E-state index in [1.165, 1.54) is 10.9 Å². The summed E-state index contributed by atoms with van der Waals surface area (Å²) in [4.78, 5) is 4.09. The fourth-order valence-corrected chi connectivity index (χ4v) is 1.61. The molecule has 0 aliphatic heterocycles. The first kappa shape index (κ1) is 10.0. The normalized spacial score (nSPS) is 11.5. The molecule has 2 N–H and O–H groups in total. The van der Waals surface area contributed by atoms with Gasteiger partial charge in [0.1, 0.15) is 0 Å². The molecule has 2 aromatic rings. The summed E-state index contributed by atoms with van der Waals surface area (Å²) in [5, 5.41) is 0. The predicted octanol–water partition coefficient (Wildman–Crippen LogP) is 1.76. The first-order valence-electron chi connectivity index (χ1n) is 4.63. The van der Waals surface area contributed by atoms with Gasteiger partial charge in [-0.15, -0.1) is 0 Å². The number of rotatable bonds is 3. The van der Waals surface area contributed by atoms with Gasteiger partial charge in [0.2, 0.25) is 0 Å². The SMILES string of the molecule is NCc1cccc2c1ncn2CC(F)F. The second-order valence-corrected chi connectivity index (χ2v) is 3.28. The summed E-state index contributed by atoms with van der Waals surface area (Å²) in [6.45, 7) is 0.0353. The van der Waals surface area contributed by atoms with Crippen LogP contribution in [-0.2, 0) is 13.1 Å². The molecule has 1 aromatic carbocycles. The van der Waals surface area contributed by atoms with Crippen LogP contribution in [0.4, 0.5) is 8.78 Å². The van der Waals surface area contributed by atoms with E-state index in [2.05, 4.69) is 4.98 Å². The second-order valence-electron chi connectivity index (χ2n) is 3.28. The number of hydrogen-bond donors (Lipinski definition) is 1. The number of imidazole rings is 1. The number of nitrogens with zero attached hydrogens (tertiary/aromatic N) is 2. The van der Waals surface area contributed by atoms with E-state index in [0.717, 1.165) is 5.56 Å². The Bertz CT molecular complexity index is 465. The highest BCUT2D eigenvalue weighted by molar-refractivity contribution is 5.78. The van der Waals surface area contributed by atoms with E-state index in [1.54, 1.807) is 12.1 Å². The summed E-state index contributed by atoms with van der Waals surface area (Å²) in [6, 6.07) is 5.42. The molecule has 0 unspecified atom stereocenters. The Morgan fingerprint density at radius 2 is 2.20 bits per heavy atom. The van der Waals surface area contributed by atoms with E-state index < -0.39 is 6.43 Å². The molecule has 0 saturated heterocycles. The molecule has 80 valence electrons. The molecular formula is C10H11F2N3. The lowest BCUT2D eigenvalue weighted by atomic mass is 10.2. The van der Waals surface area contributed by atoms with Crippen LogP contribution >= 0.6 is 0 Å². The standard InChI is InChI=1S/C10H11F2N3/c11-9(12)5-15-6-14-10-7(4-13)2-1-3-8(10)15/h1-3,6,9H,4-5,13H2. The molecule has 0 aliphatic carbocycles. The summed E-state index contributed by atoms with van der Waals surface area (Å²) in [5.41, 5.74) is 7.82. The van der Waals surface area contributed by atoms with Crippen LogP contribution in [0.25, 0.3) is 11.0 Å². The smallest absolute Gasteiger partial charge is 0.256 e. The number of aromatic nitrogens is 2. The lowest BCUT2D eigenvalue weighted by Crippen LogP contribution is -2.05. The minimum Gasteiger partial charge on any atom is -0.326 e. The maximum Gasteiger partial charge on any atom is 0.256 e. The van der Waals surface area contributed by atoms with Crippen LogP contribution in [0.1, 0.15) is 5.56 Å². The Hall–Kier alpha value is -1.49. The summed E-state index contributed by atoms with van der Waals surface area (Å²) in [7, 11) is 0. The second kappa shape index (κ2) is 3.94. The van der Waals surface area contributed by atoms with E-state index in [9.17, 15) is 8.78 Å². The highest BCUT2D eigenvalue weighted by Gasteiger charge is 2.09. The molecule has 5 heteroatoms. The summed E-state index contributed by atoms with van der Waals surface area (Å²) in [5.74, 6) is 0. The number of nitrogens with two attached hydrogens (primary N) is 1. The van der Waals surface area contributed by atoms with Gasteiger partial charge in [-0.3, -0.25) is 0 Å². The van der Waals surface area contributed by atoms with Gasteiger partial charge >= 0.3 is 0 Å². The van der Waals surface area contributed by atoms with Gasteiger partial charge in [0.15, 0.2) is 0 Å². The van der Waals surface area contributed by atoms with E-state index in [1.807, 2.05) is 6.07 Å². The van der Waals surface area contributed by atoms with E-state index in [4.69, 9.17) is 5.73 Å². The molecule has 0 saturated carbocycles. The number of alkyl halides is 2. The van der Waals surface area contributed by atoms with Crippen molar-refractivity contribution in [3.05, 3.63) is 30.1 Å². The Morgan fingerprint density at radius 1 is 1.40 bits per heavy atom. The fourth-order valence-electron chi connectivity index (χ4n) is 1.61. The molecule has 3 nitrogen and oxygen atoms in total. The van der Waals surface area contributed by atoms with Crippen molar-refractivity contribution in [3.63, 3.8) is 0 Å². The first-order valence-corrected chi connectivity index (χ1v) is 4.63. The third-order valence-corrected chi connectivity index (χ3v) is 2.29. The van der Waals surface area contributed by atoms with Crippen LogP contribution in [0.5, 0.6) is 0 Å². The molecule has 1 heterocycles. The van der Waals surface area contributed by atoms with Crippen molar-refractivity contribution in [2.75, 3.05) is 0 Å². The monoisotopic (exact) mass is 211 g/mol. The average molecular weight is 211 g/mol. The lowest BCUT2D eigenvalue weighted by Gasteiger charge is -2.03. The quantitative estimate of drug-likeness (QED) is 0.840. The molecule has 15 heavy (non-hydrogen) atoms. The average Bonchev–Trinajstić information content (AvgIpc) is 2.61. The van der Waals surface area contributed by atoms with Crippen LogP contribution in [-0.4, -0.2) is 16.0 Å². The molecule has 0 aliphatic rings. The fraction of sp³-hybridized carbons (Fsp3) is 0.300. The summed E-state index contributed by atoms with van der Waals surface area (Å²) >= 11 is 0. The van der Waals surface area contributed by atoms with Crippen molar-refractivity contribution in [2.45, 2.75) is 19.5 Å². The zero-order valence-corrected chi connectivity index (χ0v) is 8.03. The van der Waals surface area contributed by atoms with Gasteiger partial charge in [0.25, 0.3) is 6.43 Å². The lowest BCUT2D eigenvalue weighted by molar-refractivity contribution is 0.128. The van der Waals surface area contributed by atoms with E-state index in [-0.39, 0.29) is 6.54 Å². The van der Waals surface area contributed by atoms with E-state index >= 15 is 0 Å². The highest BCUT2D eigenvalue weighted by atomic mass is 19.3. The Kier molecular flexibility index (Phi) is 2.64. The van der Waals surface area contributed by atoms with Gasteiger partial charge in [-0.2, -0.15) is 0 Å². The van der Waals surface area contributed by atoms with Crippen molar-refractivity contribution < 1.29 is 8.78 Å². The van der Waals surface area contributed by atoms with Crippen LogP contribution in [0.2, 0.25) is 0 Å². The first-order chi connectivity index (χ1) is 7.22. The third-order valence-electron chi connectivity index (χ3n) is 2.29. The van der Waals surface area contributed by atoms with Gasteiger partial charge < -0.3 is 10.3 Å². The van der Waals surface area contributed by atoms with Crippen molar-refractivity contribution in [2.24, 2.45) is 5.73 Å². The number of halogens is 2. The molecular weight excluding hydrogens is 200 g/mol. The van der Waals surface area contributed by atoms with Crippen LogP contribution in [0.3, 0.4) is 0 Å². The Morgan fingerprint density at radius 3 is 2.87 bits per heavy atom.